The first kappa shape index (κ1) is 21.2. The van der Waals surface area contributed by atoms with Crippen molar-refractivity contribution in [3.63, 3.8) is 0 Å². The third kappa shape index (κ3) is 6.23. The monoisotopic (exact) mass is 382 g/mol. The minimum absolute atomic E-state index is 0.0475. The second-order valence-electron chi connectivity index (χ2n) is 7.66. The SMILES string of the molecule is CC(C)(C)C(=O)NCc1ccc(C(=O)NC(CC(=O)O)c2ccccc2)cc1. The van der Waals surface area contributed by atoms with Crippen molar-refractivity contribution in [3.8, 4) is 0 Å². The molecular weight excluding hydrogens is 356 g/mol. The Bertz CT molecular complexity index is 824. The van der Waals surface area contributed by atoms with E-state index in [0.29, 0.717) is 12.1 Å². The highest BCUT2D eigenvalue weighted by Gasteiger charge is 2.21. The quantitative estimate of drug-likeness (QED) is 0.685. The van der Waals surface area contributed by atoms with Crippen molar-refractivity contribution in [3.05, 3.63) is 71.3 Å². The van der Waals surface area contributed by atoms with Crippen LogP contribution in [0.2, 0.25) is 0 Å². The summed E-state index contributed by atoms with van der Waals surface area (Å²) < 4.78 is 0. The molecule has 0 radical (unpaired) electrons. The molecule has 0 aliphatic rings. The molecule has 148 valence electrons. The standard InChI is InChI=1S/C22H26N2O4/c1-22(2,3)21(28)23-14-15-9-11-17(12-10-15)20(27)24-18(13-19(25)26)16-7-5-4-6-8-16/h4-12,18H,13-14H2,1-3H3,(H,23,28)(H,24,27)(H,25,26). The Morgan fingerprint density at radius 3 is 2.11 bits per heavy atom. The van der Waals surface area contributed by atoms with Gasteiger partial charge in [-0.05, 0) is 23.3 Å². The van der Waals surface area contributed by atoms with Crippen LogP contribution in [-0.2, 0) is 16.1 Å². The van der Waals surface area contributed by atoms with E-state index in [9.17, 15) is 14.4 Å². The smallest absolute Gasteiger partial charge is 0.305 e. The number of carboxylic acids is 1. The molecule has 0 saturated carbocycles. The lowest BCUT2D eigenvalue weighted by molar-refractivity contribution is -0.137. The highest BCUT2D eigenvalue weighted by atomic mass is 16.4. The van der Waals surface area contributed by atoms with Crippen molar-refractivity contribution in [1.29, 1.82) is 0 Å². The first-order chi connectivity index (χ1) is 13.2. The molecular formula is C22H26N2O4. The molecule has 6 nitrogen and oxygen atoms in total. The summed E-state index contributed by atoms with van der Waals surface area (Å²) in [6.45, 7) is 5.91. The largest absolute Gasteiger partial charge is 0.481 e. The normalized spacial score (nSPS) is 12.1. The molecule has 1 unspecified atom stereocenters. The van der Waals surface area contributed by atoms with Gasteiger partial charge in [-0.1, -0.05) is 63.2 Å². The van der Waals surface area contributed by atoms with Crippen molar-refractivity contribution in [2.75, 3.05) is 0 Å². The molecule has 2 aromatic carbocycles. The Morgan fingerprint density at radius 2 is 1.57 bits per heavy atom. The summed E-state index contributed by atoms with van der Waals surface area (Å²) in [6.07, 6.45) is -0.202. The van der Waals surface area contributed by atoms with Crippen LogP contribution in [0.4, 0.5) is 0 Å². The van der Waals surface area contributed by atoms with Crippen molar-refractivity contribution < 1.29 is 19.5 Å². The van der Waals surface area contributed by atoms with Crippen LogP contribution in [-0.4, -0.2) is 22.9 Å². The van der Waals surface area contributed by atoms with Gasteiger partial charge in [-0.25, -0.2) is 0 Å². The molecule has 0 heterocycles. The highest BCUT2D eigenvalue weighted by molar-refractivity contribution is 5.94. The summed E-state index contributed by atoms with van der Waals surface area (Å²) in [6, 6.07) is 15.3. The number of hydrogen-bond donors (Lipinski definition) is 3. The molecule has 0 bridgehead atoms. The number of carbonyl (C=O) groups is 3. The van der Waals surface area contributed by atoms with Crippen LogP contribution in [0.1, 0.15) is 54.7 Å². The Labute approximate surface area is 165 Å². The van der Waals surface area contributed by atoms with Gasteiger partial charge in [0, 0.05) is 17.5 Å². The molecule has 0 fully saturated rings. The Kier molecular flexibility index (Phi) is 6.93. The number of aliphatic carboxylic acids is 1. The molecule has 1 atom stereocenters. The maximum Gasteiger partial charge on any atom is 0.305 e. The molecule has 2 amide bonds. The van der Waals surface area contributed by atoms with E-state index in [1.54, 1.807) is 48.5 Å². The van der Waals surface area contributed by atoms with Gasteiger partial charge < -0.3 is 15.7 Å². The molecule has 2 rings (SSSR count). The highest BCUT2D eigenvalue weighted by Crippen LogP contribution is 2.18. The third-order valence-corrected chi connectivity index (χ3v) is 4.24. The Balaban J connectivity index is 2.03. The number of rotatable bonds is 7. The van der Waals surface area contributed by atoms with Crippen LogP contribution in [0.25, 0.3) is 0 Å². The lowest BCUT2D eigenvalue weighted by Crippen LogP contribution is -2.34. The van der Waals surface area contributed by atoms with Crippen LogP contribution in [0.5, 0.6) is 0 Å². The first-order valence-corrected chi connectivity index (χ1v) is 9.11. The van der Waals surface area contributed by atoms with Gasteiger partial charge in [-0.2, -0.15) is 0 Å². The van der Waals surface area contributed by atoms with Gasteiger partial charge >= 0.3 is 5.97 Å². The van der Waals surface area contributed by atoms with Crippen LogP contribution in [0.3, 0.4) is 0 Å². The number of carboxylic acid groups (broad SMARTS) is 1. The van der Waals surface area contributed by atoms with E-state index >= 15 is 0 Å². The summed E-state index contributed by atoms with van der Waals surface area (Å²) in [5.41, 5.74) is 1.58. The van der Waals surface area contributed by atoms with Gasteiger partial charge in [0.15, 0.2) is 0 Å². The lowest BCUT2D eigenvalue weighted by Gasteiger charge is -2.18. The zero-order valence-electron chi connectivity index (χ0n) is 16.4. The number of hydrogen-bond acceptors (Lipinski definition) is 3. The van der Waals surface area contributed by atoms with Gasteiger partial charge in [0.25, 0.3) is 5.91 Å². The van der Waals surface area contributed by atoms with E-state index in [1.165, 1.54) is 0 Å². The summed E-state index contributed by atoms with van der Waals surface area (Å²) >= 11 is 0. The van der Waals surface area contributed by atoms with Gasteiger partial charge in [-0.15, -0.1) is 0 Å². The number of amides is 2. The summed E-state index contributed by atoms with van der Waals surface area (Å²) in [4.78, 5) is 35.6. The van der Waals surface area contributed by atoms with Crippen LogP contribution >= 0.6 is 0 Å². The summed E-state index contributed by atoms with van der Waals surface area (Å²) in [7, 11) is 0. The third-order valence-electron chi connectivity index (χ3n) is 4.24. The van der Waals surface area contributed by atoms with Crippen molar-refractivity contribution >= 4 is 17.8 Å². The minimum Gasteiger partial charge on any atom is -0.481 e. The van der Waals surface area contributed by atoms with E-state index in [1.807, 2.05) is 26.8 Å². The number of benzene rings is 2. The Morgan fingerprint density at radius 1 is 0.964 bits per heavy atom. The van der Waals surface area contributed by atoms with Crippen molar-refractivity contribution in [1.82, 2.24) is 10.6 Å². The predicted octanol–water partition coefficient (Wildman–Crippen LogP) is 3.29. The maximum absolute atomic E-state index is 12.5. The topological polar surface area (TPSA) is 95.5 Å². The van der Waals surface area contributed by atoms with E-state index in [2.05, 4.69) is 10.6 Å². The molecule has 0 spiro atoms. The fourth-order valence-corrected chi connectivity index (χ4v) is 2.58. The van der Waals surface area contributed by atoms with Crippen LogP contribution in [0.15, 0.2) is 54.6 Å². The summed E-state index contributed by atoms with van der Waals surface area (Å²) in [5, 5.41) is 14.8. The number of carbonyl (C=O) groups excluding carboxylic acids is 2. The lowest BCUT2D eigenvalue weighted by atomic mass is 9.95. The molecule has 0 aliphatic heterocycles. The maximum atomic E-state index is 12.5. The fraction of sp³-hybridized carbons (Fsp3) is 0.318. The van der Waals surface area contributed by atoms with E-state index in [4.69, 9.17) is 5.11 Å². The average Bonchev–Trinajstić information content (AvgIpc) is 2.65. The van der Waals surface area contributed by atoms with Gasteiger partial charge in [0.2, 0.25) is 5.91 Å². The average molecular weight is 382 g/mol. The Hall–Kier alpha value is -3.15. The molecule has 0 aliphatic carbocycles. The molecule has 0 saturated heterocycles. The first-order valence-electron chi connectivity index (χ1n) is 9.11. The second kappa shape index (κ2) is 9.17. The van der Waals surface area contributed by atoms with Crippen LogP contribution in [0, 0.1) is 5.41 Å². The van der Waals surface area contributed by atoms with E-state index in [-0.39, 0.29) is 18.2 Å². The van der Waals surface area contributed by atoms with Crippen molar-refractivity contribution in [2.24, 2.45) is 5.41 Å². The van der Waals surface area contributed by atoms with Crippen LogP contribution < -0.4 is 10.6 Å². The zero-order chi connectivity index (χ0) is 20.7. The molecule has 2 aromatic rings. The summed E-state index contributed by atoms with van der Waals surface area (Å²) in [5.74, 6) is -1.38. The van der Waals surface area contributed by atoms with E-state index in [0.717, 1.165) is 11.1 Å². The second-order valence-corrected chi connectivity index (χ2v) is 7.66. The minimum atomic E-state index is -0.987. The van der Waals surface area contributed by atoms with E-state index < -0.39 is 17.4 Å². The van der Waals surface area contributed by atoms with Gasteiger partial charge in [0.05, 0.1) is 12.5 Å². The fourth-order valence-electron chi connectivity index (χ4n) is 2.58. The van der Waals surface area contributed by atoms with Gasteiger partial charge in [0.1, 0.15) is 0 Å². The molecule has 28 heavy (non-hydrogen) atoms. The number of nitrogens with one attached hydrogen (secondary N) is 2. The molecule has 6 heteroatoms. The van der Waals surface area contributed by atoms with Crippen molar-refractivity contribution in [2.45, 2.75) is 39.8 Å². The van der Waals surface area contributed by atoms with Gasteiger partial charge in [-0.3, -0.25) is 14.4 Å². The molecule has 0 aromatic heterocycles. The molecule has 3 N–H and O–H groups in total. The zero-order valence-corrected chi connectivity index (χ0v) is 16.4. The predicted molar refractivity (Wildman–Crippen MR) is 107 cm³/mol.